The highest BCUT2D eigenvalue weighted by atomic mass is 19.1. The molecule has 3 rings (SSSR count). The molecule has 2 aromatic heterocycles. The number of rotatable bonds is 6. The molecule has 0 saturated heterocycles. The second kappa shape index (κ2) is 8.30. The number of methoxy groups -OCH3 is 1. The minimum atomic E-state index is -0.486. The Balaban J connectivity index is 1.83. The molecule has 0 aliphatic carbocycles. The van der Waals surface area contributed by atoms with Gasteiger partial charge in [0.1, 0.15) is 22.9 Å². The van der Waals surface area contributed by atoms with E-state index in [1.807, 2.05) is 6.92 Å². The number of furan rings is 1. The number of aromatic nitrogens is 2. The third-order valence-corrected chi connectivity index (χ3v) is 4.62. The molecule has 0 N–H and O–H groups in total. The van der Waals surface area contributed by atoms with E-state index in [0.717, 1.165) is 5.69 Å². The van der Waals surface area contributed by atoms with Crippen molar-refractivity contribution in [2.24, 2.45) is 0 Å². The Morgan fingerprint density at radius 1 is 1.24 bits per heavy atom. The number of nitrogens with zero attached hydrogens (tertiary/aromatic N) is 3. The first-order valence-corrected chi connectivity index (χ1v) is 9.11. The molecule has 2 heterocycles. The van der Waals surface area contributed by atoms with Crippen LogP contribution in [0.1, 0.15) is 44.9 Å². The molecule has 0 aliphatic rings. The van der Waals surface area contributed by atoms with E-state index in [2.05, 4.69) is 5.10 Å². The van der Waals surface area contributed by atoms with Crippen LogP contribution in [0.25, 0.3) is 5.69 Å². The van der Waals surface area contributed by atoms with Crippen molar-refractivity contribution in [2.75, 3.05) is 14.2 Å². The molecule has 29 heavy (non-hydrogen) atoms. The molecule has 1 amide bonds. The fraction of sp³-hybridized carbons (Fsp3) is 0.286. The average molecular weight is 399 g/mol. The summed E-state index contributed by atoms with van der Waals surface area (Å²) in [4.78, 5) is 26.2. The van der Waals surface area contributed by atoms with Crippen molar-refractivity contribution in [3.8, 4) is 5.69 Å². The Labute approximate surface area is 167 Å². The number of hydrogen-bond donors (Lipinski definition) is 0. The lowest BCUT2D eigenvalue weighted by atomic mass is 10.1. The molecular weight excluding hydrogens is 377 g/mol. The Hall–Kier alpha value is -3.42. The van der Waals surface area contributed by atoms with Gasteiger partial charge in [-0.2, -0.15) is 5.10 Å². The summed E-state index contributed by atoms with van der Waals surface area (Å²) in [7, 11) is 2.95. The SMILES string of the molecule is CCc1c(C(=O)N(C)Cc2cc(C(=O)OC)c(C)o2)cnn1-c1ccc(F)cc1. The molecule has 152 valence electrons. The summed E-state index contributed by atoms with van der Waals surface area (Å²) in [6.45, 7) is 3.77. The number of halogens is 1. The third kappa shape index (κ3) is 4.06. The number of amides is 1. The zero-order valence-electron chi connectivity index (χ0n) is 16.7. The first-order valence-electron chi connectivity index (χ1n) is 9.11. The maximum absolute atomic E-state index is 13.2. The molecule has 0 saturated carbocycles. The van der Waals surface area contributed by atoms with Gasteiger partial charge in [-0.25, -0.2) is 13.9 Å². The molecule has 0 radical (unpaired) electrons. The Bertz CT molecular complexity index is 1040. The van der Waals surface area contributed by atoms with Gasteiger partial charge in [-0.15, -0.1) is 0 Å². The van der Waals surface area contributed by atoms with E-state index in [1.54, 1.807) is 36.9 Å². The van der Waals surface area contributed by atoms with Crippen LogP contribution in [0.5, 0.6) is 0 Å². The number of esters is 1. The Kier molecular flexibility index (Phi) is 5.81. The van der Waals surface area contributed by atoms with Gasteiger partial charge in [-0.1, -0.05) is 6.92 Å². The van der Waals surface area contributed by atoms with E-state index < -0.39 is 5.97 Å². The van der Waals surface area contributed by atoms with Crippen molar-refractivity contribution < 1.29 is 23.1 Å². The van der Waals surface area contributed by atoms with Gasteiger partial charge in [0.15, 0.2) is 0 Å². The third-order valence-electron chi connectivity index (χ3n) is 4.62. The summed E-state index contributed by atoms with van der Waals surface area (Å²) >= 11 is 0. The van der Waals surface area contributed by atoms with E-state index in [0.29, 0.717) is 34.8 Å². The number of carbonyl (C=O) groups is 2. The van der Waals surface area contributed by atoms with Crippen LogP contribution in [0.2, 0.25) is 0 Å². The van der Waals surface area contributed by atoms with Crippen LogP contribution in [-0.2, 0) is 17.7 Å². The van der Waals surface area contributed by atoms with Crippen LogP contribution in [0.15, 0.2) is 40.9 Å². The van der Waals surface area contributed by atoms with E-state index >= 15 is 0 Å². The number of benzene rings is 1. The van der Waals surface area contributed by atoms with Crippen molar-refractivity contribution in [2.45, 2.75) is 26.8 Å². The fourth-order valence-corrected chi connectivity index (χ4v) is 3.14. The zero-order chi connectivity index (χ0) is 21.1. The highest BCUT2D eigenvalue weighted by molar-refractivity contribution is 5.95. The van der Waals surface area contributed by atoms with Crippen LogP contribution in [0, 0.1) is 12.7 Å². The summed E-state index contributed by atoms with van der Waals surface area (Å²) < 4.78 is 25.1. The lowest BCUT2D eigenvalue weighted by Crippen LogP contribution is -2.26. The summed E-state index contributed by atoms with van der Waals surface area (Å²) in [5, 5.41) is 4.31. The van der Waals surface area contributed by atoms with Gasteiger partial charge in [0.2, 0.25) is 0 Å². The van der Waals surface area contributed by atoms with Crippen LogP contribution in [0.4, 0.5) is 4.39 Å². The number of aryl methyl sites for hydroxylation is 1. The smallest absolute Gasteiger partial charge is 0.341 e. The molecule has 0 atom stereocenters. The summed E-state index contributed by atoms with van der Waals surface area (Å²) in [5.74, 6) is -0.145. The number of hydrogen-bond acceptors (Lipinski definition) is 5. The predicted octanol–water partition coefficient (Wildman–Crippen LogP) is 3.53. The summed E-state index contributed by atoms with van der Waals surface area (Å²) in [5.41, 5.74) is 2.19. The largest absolute Gasteiger partial charge is 0.465 e. The minimum absolute atomic E-state index is 0.182. The van der Waals surface area contributed by atoms with Crippen LogP contribution in [0.3, 0.4) is 0 Å². The number of carbonyl (C=O) groups excluding carboxylic acids is 2. The Morgan fingerprint density at radius 3 is 2.55 bits per heavy atom. The zero-order valence-corrected chi connectivity index (χ0v) is 16.7. The van der Waals surface area contributed by atoms with Crippen molar-refractivity contribution in [3.63, 3.8) is 0 Å². The molecule has 0 fully saturated rings. The molecule has 7 nitrogen and oxygen atoms in total. The maximum atomic E-state index is 13.2. The number of ether oxygens (including phenoxy) is 1. The molecule has 0 aliphatic heterocycles. The van der Waals surface area contributed by atoms with E-state index in [9.17, 15) is 14.0 Å². The maximum Gasteiger partial charge on any atom is 0.341 e. The molecule has 0 bridgehead atoms. The second-order valence-corrected chi connectivity index (χ2v) is 6.58. The van der Waals surface area contributed by atoms with Crippen molar-refractivity contribution in [3.05, 3.63) is 70.7 Å². The topological polar surface area (TPSA) is 77.6 Å². The monoisotopic (exact) mass is 399 g/mol. The predicted molar refractivity (Wildman–Crippen MR) is 103 cm³/mol. The van der Waals surface area contributed by atoms with E-state index in [4.69, 9.17) is 9.15 Å². The van der Waals surface area contributed by atoms with Crippen LogP contribution in [-0.4, -0.2) is 40.7 Å². The standard InChI is InChI=1S/C21H22FN3O4/c1-5-19-18(11-23-25(19)15-8-6-14(22)7-9-15)20(26)24(3)12-16-10-17(13(2)29-16)21(27)28-4/h6-11H,5,12H2,1-4H3. The molecule has 0 unspecified atom stereocenters. The van der Waals surface area contributed by atoms with Gasteiger partial charge in [0.25, 0.3) is 5.91 Å². The normalized spacial score (nSPS) is 10.8. The van der Waals surface area contributed by atoms with Gasteiger partial charge in [0, 0.05) is 7.05 Å². The fourth-order valence-electron chi connectivity index (χ4n) is 3.14. The first kappa shape index (κ1) is 20.3. The van der Waals surface area contributed by atoms with Gasteiger partial charge in [-0.05, 0) is 43.7 Å². The van der Waals surface area contributed by atoms with Gasteiger partial charge in [-0.3, -0.25) is 4.79 Å². The van der Waals surface area contributed by atoms with Crippen LogP contribution < -0.4 is 0 Å². The van der Waals surface area contributed by atoms with E-state index in [1.165, 1.54) is 30.3 Å². The lowest BCUT2D eigenvalue weighted by molar-refractivity contribution is 0.0598. The molecule has 3 aromatic rings. The van der Waals surface area contributed by atoms with Crippen LogP contribution >= 0.6 is 0 Å². The molecule has 0 spiro atoms. The first-order chi connectivity index (χ1) is 13.8. The van der Waals surface area contributed by atoms with Crippen molar-refractivity contribution in [1.82, 2.24) is 14.7 Å². The van der Waals surface area contributed by atoms with Gasteiger partial charge >= 0.3 is 5.97 Å². The summed E-state index contributed by atoms with van der Waals surface area (Å²) in [6.07, 6.45) is 2.08. The molecule has 1 aromatic carbocycles. The molecule has 8 heteroatoms. The quantitative estimate of drug-likeness (QED) is 0.593. The Morgan fingerprint density at radius 2 is 1.93 bits per heavy atom. The highest BCUT2D eigenvalue weighted by Crippen LogP contribution is 2.20. The lowest BCUT2D eigenvalue weighted by Gasteiger charge is -2.16. The summed E-state index contributed by atoms with van der Waals surface area (Å²) in [6, 6.07) is 7.50. The highest BCUT2D eigenvalue weighted by Gasteiger charge is 2.22. The van der Waals surface area contributed by atoms with Crippen molar-refractivity contribution in [1.29, 1.82) is 0 Å². The minimum Gasteiger partial charge on any atom is -0.465 e. The van der Waals surface area contributed by atoms with Gasteiger partial charge in [0.05, 0.1) is 36.8 Å². The molecular formula is C21H22FN3O4. The average Bonchev–Trinajstić information content (AvgIpc) is 3.30. The van der Waals surface area contributed by atoms with E-state index in [-0.39, 0.29) is 18.3 Å². The van der Waals surface area contributed by atoms with Crippen molar-refractivity contribution >= 4 is 11.9 Å². The second-order valence-electron chi connectivity index (χ2n) is 6.58. The van der Waals surface area contributed by atoms with Gasteiger partial charge < -0.3 is 14.1 Å².